The van der Waals surface area contributed by atoms with Crippen molar-refractivity contribution >= 4 is 22.3 Å². The summed E-state index contributed by atoms with van der Waals surface area (Å²) in [6, 6.07) is 13.2. The van der Waals surface area contributed by atoms with Crippen molar-refractivity contribution in [3.8, 4) is 11.3 Å². The Kier molecular flexibility index (Phi) is 6.29. The van der Waals surface area contributed by atoms with Crippen LogP contribution in [0, 0.1) is 0 Å². The molecular weight excluding hydrogens is 452 g/mol. The number of H-pyrrole nitrogens is 1. The number of hydrogen-bond donors (Lipinski definition) is 2. The van der Waals surface area contributed by atoms with Gasteiger partial charge in [-0.05, 0) is 66.8 Å². The Labute approximate surface area is 210 Å². The second-order valence-electron chi connectivity index (χ2n) is 9.93. The standard InChI is InChI=1S/C28H32N6O2/c1-33-18-22(17-30-33)25-16-21-10-11-29-28(35)26(21)27(32-25)31-23-6-2-19(3-7-23)20-4-8-24(9-5-20)34-12-14-36-15-13-34/h2-3,6-7,10-11,16-18,20,24H,4-5,8-9,12-15H2,1H3,(H,29,35)(H,31,32). The predicted molar refractivity (Wildman–Crippen MR) is 142 cm³/mol. The first-order chi connectivity index (χ1) is 17.6. The summed E-state index contributed by atoms with van der Waals surface area (Å²) < 4.78 is 7.27. The molecule has 4 heterocycles. The summed E-state index contributed by atoms with van der Waals surface area (Å²) >= 11 is 0. The minimum Gasteiger partial charge on any atom is -0.379 e. The molecule has 2 aliphatic rings. The zero-order valence-electron chi connectivity index (χ0n) is 20.6. The smallest absolute Gasteiger partial charge is 0.259 e. The molecule has 0 bridgehead atoms. The molecule has 186 valence electrons. The number of benzene rings is 1. The largest absolute Gasteiger partial charge is 0.379 e. The van der Waals surface area contributed by atoms with Gasteiger partial charge in [-0.3, -0.25) is 14.4 Å². The van der Waals surface area contributed by atoms with Gasteiger partial charge in [0.15, 0.2) is 0 Å². The second kappa shape index (κ2) is 9.87. The van der Waals surface area contributed by atoms with Crippen molar-refractivity contribution in [2.24, 2.45) is 7.05 Å². The van der Waals surface area contributed by atoms with Crippen LogP contribution in [0.2, 0.25) is 0 Å². The fourth-order valence-corrected chi connectivity index (χ4v) is 5.70. The highest BCUT2D eigenvalue weighted by molar-refractivity contribution is 5.95. The molecule has 0 atom stereocenters. The maximum atomic E-state index is 12.7. The quantitative estimate of drug-likeness (QED) is 0.436. The van der Waals surface area contributed by atoms with Gasteiger partial charge in [0.1, 0.15) is 5.82 Å². The number of anilines is 2. The number of morpholine rings is 1. The molecule has 2 fully saturated rings. The van der Waals surface area contributed by atoms with Crippen molar-refractivity contribution < 1.29 is 4.74 Å². The van der Waals surface area contributed by atoms with Crippen LogP contribution in [0.3, 0.4) is 0 Å². The van der Waals surface area contributed by atoms with Crippen LogP contribution < -0.4 is 10.9 Å². The average molecular weight is 485 g/mol. The van der Waals surface area contributed by atoms with E-state index in [1.165, 1.54) is 31.2 Å². The second-order valence-corrected chi connectivity index (χ2v) is 9.93. The number of aromatic amines is 1. The van der Waals surface area contributed by atoms with E-state index >= 15 is 0 Å². The van der Waals surface area contributed by atoms with Gasteiger partial charge >= 0.3 is 0 Å². The molecule has 1 aliphatic carbocycles. The Morgan fingerprint density at radius 3 is 2.56 bits per heavy atom. The van der Waals surface area contributed by atoms with Crippen molar-refractivity contribution in [2.45, 2.75) is 37.6 Å². The maximum absolute atomic E-state index is 12.7. The first-order valence-corrected chi connectivity index (χ1v) is 12.8. The minimum atomic E-state index is -0.158. The summed E-state index contributed by atoms with van der Waals surface area (Å²) in [7, 11) is 1.88. The van der Waals surface area contributed by atoms with E-state index in [2.05, 4.69) is 44.6 Å². The van der Waals surface area contributed by atoms with Crippen LogP contribution >= 0.6 is 0 Å². The van der Waals surface area contributed by atoms with Crippen molar-refractivity contribution in [3.63, 3.8) is 0 Å². The molecule has 0 radical (unpaired) electrons. The van der Waals surface area contributed by atoms with Gasteiger partial charge in [-0.25, -0.2) is 4.98 Å². The summed E-state index contributed by atoms with van der Waals surface area (Å²) in [6.07, 6.45) is 10.3. The number of ether oxygens (including phenoxy) is 1. The summed E-state index contributed by atoms with van der Waals surface area (Å²) in [5.41, 5.74) is 3.83. The van der Waals surface area contributed by atoms with Crippen molar-refractivity contribution in [3.05, 3.63) is 70.9 Å². The molecule has 1 saturated carbocycles. The lowest BCUT2D eigenvalue weighted by Gasteiger charge is -2.38. The van der Waals surface area contributed by atoms with Gasteiger partial charge in [0.2, 0.25) is 0 Å². The number of nitrogens with zero attached hydrogens (tertiary/aromatic N) is 4. The Bertz CT molecular complexity index is 1400. The minimum absolute atomic E-state index is 0.158. The molecule has 4 aromatic rings. The fraction of sp³-hybridized carbons (Fsp3) is 0.393. The highest BCUT2D eigenvalue weighted by atomic mass is 16.5. The Hall–Kier alpha value is -3.49. The zero-order chi connectivity index (χ0) is 24.5. The van der Waals surface area contributed by atoms with Crippen molar-refractivity contribution in [1.29, 1.82) is 0 Å². The van der Waals surface area contributed by atoms with Gasteiger partial charge in [0.05, 0.1) is 30.5 Å². The number of nitrogens with one attached hydrogen (secondary N) is 2. The molecule has 1 aromatic carbocycles. The molecule has 1 aliphatic heterocycles. The number of aromatic nitrogens is 4. The molecule has 1 saturated heterocycles. The summed E-state index contributed by atoms with van der Waals surface area (Å²) in [4.78, 5) is 22.9. The van der Waals surface area contributed by atoms with E-state index in [1.807, 2.05) is 25.4 Å². The van der Waals surface area contributed by atoms with Crippen LogP contribution in [0.15, 0.2) is 59.8 Å². The monoisotopic (exact) mass is 484 g/mol. The van der Waals surface area contributed by atoms with E-state index in [4.69, 9.17) is 9.72 Å². The molecule has 0 unspecified atom stereocenters. The van der Waals surface area contributed by atoms with Gasteiger partial charge < -0.3 is 15.0 Å². The Balaban J connectivity index is 1.20. The number of aryl methyl sites for hydroxylation is 1. The predicted octanol–water partition coefficient (Wildman–Crippen LogP) is 4.43. The molecule has 0 amide bonds. The average Bonchev–Trinajstić information content (AvgIpc) is 3.36. The summed E-state index contributed by atoms with van der Waals surface area (Å²) in [6.45, 7) is 3.89. The van der Waals surface area contributed by atoms with E-state index in [0.29, 0.717) is 23.2 Å². The summed E-state index contributed by atoms with van der Waals surface area (Å²) in [5.74, 6) is 1.15. The van der Waals surface area contributed by atoms with E-state index in [1.54, 1.807) is 17.1 Å². The SMILES string of the molecule is Cn1cc(-c2cc3cc[nH]c(=O)c3c(Nc3ccc(C4CCC(N5CCOCC5)CC4)cc3)n2)cn1. The first kappa shape index (κ1) is 22.9. The number of pyridine rings is 2. The molecule has 3 aromatic heterocycles. The van der Waals surface area contributed by atoms with Crippen molar-refractivity contribution in [2.75, 3.05) is 31.6 Å². The highest BCUT2D eigenvalue weighted by Gasteiger charge is 2.27. The third-order valence-electron chi connectivity index (χ3n) is 7.66. The molecular formula is C28H32N6O2. The van der Waals surface area contributed by atoms with E-state index < -0.39 is 0 Å². The normalized spacial score (nSPS) is 21.0. The summed E-state index contributed by atoms with van der Waals surface area (Å²) in [5, 5.41) is 9.07. The number of rotatable bonds is 5. The first-order valence-electron chi connectivity index (χ1n) is 12.8. The molecule has 0 spiro atoms. The molecule has 2 N–H and O–H groups in total. The lowest BCUT2D eigenvalue weighted by molar-refractivity contribution is 0.00730. The Morgan fingerprint density at radius 2 is 1.83 bits per heavy atom. The third-order valence-corrected chi connectivity index (χ3v) is 7.66. The van der Waals surface area contributed by atoms with Crippen LogP contribution in [0.4, 0.5) is 11.5 Å². The lowest BCUT2D eigenvalue weighted by Crippen LogP contribution is -2.44. The molecule has 8 heteroatoms. The van der Waals surface area contributed by atoms with Crippen LogP contribution in [0.25, 0.3) is 22.0 Å². The van der Waals surface area contributed by atoms with Crippen LogP contribution in [-0.4, -0.2) is 57.0 Å². The topological polar surface area (TPSA) is 88.1 Å². The van der Waals surface area contributed by atoms with Gasteiger partial charge in [-0.2, -0.15) is 5.10 Å². The van der Waals surface area contributed by atoms with Crippen molar-refractivity contribution in [1.82, 2.24) is 24.6 Å². The lowest BCUT2D eigenvalue weighted by atomic mass is 9.81. The molecule has 8 nitrogen and oxygen atoms in total. The third kappa shape index (κ3) is 4.66. The maximum Gasteiger partial charge on any atom is 0.259 e. The van der Waals surface area contributed by atoms with E-state index in [-0.39, 0.29) is 5.56 Å². The zero-order valence-corrected chi connectivity index (χ0v) is 20.6. The fourth-order valence-electron chi connectivity index (χ4n) is 5.70. The number of hydrogen-bond acceptors (Lipinski definition) is 6. The molecule has 36 heavy (non-hydrogen) atoms. The Morgan fingerprint density at radius 1 is 1.06 bits per heavy atom. The van der Waals surface area contributed by atoms with Crippen LogP contribution in [0.1, 0.15) is 37.2 Å². The highest BCUT2D eigenvalue weighted by Crippen LogP contribution is 2.36. The van der Waals surface area contributed by atoms with Gasteiger partial charge in [0.25, 0.3) is 5.56 Å². The van der Waals surface area contributed by atoms with Gasteiger partial charge in [-0.15, -0.1) is 0 Å². The van der Waals surface area contributed by atoms with Crippen LogP contribution in [0.5, 0.6) is 0 Å². The van der Waals surface area contributed by atoms with E-state index in [9.17, 15) is 4.79 Å². The van der Waals surface area contributed by atoms with Gasteiger partial charge in [0, 0.05) is 49.8 Å². The number of fused-ring (bicyclic) bond motifs is 1. The van der Waals surface area contributed by atoms with E-state index in [0.717, 1.165) is 48.6 Å². The van der Waals surface area contributed by atoms with Crippen LogP contribution in [-0.2, 0) is 11.8 Å². The molecule has 6 rings (SSSR count). The van der Waals surface area contributed by atoms with Gasteiger partial charge in [-0.1, -0.05) is 12.1 Å².